The minimum absolute atomic E-state index is 0.0211. The smallest absolute Gasteiger partial charge is 0.263 e. The molecule has 1 fully saturated rings. The molecule has 2 amide bonds. The average Bonchev–Trinajstić information content (AvgIpc) is 3.12. The van der Waals surface area contributed by atoms with Crippen LogP contribution in [0.3, 0.4) is 0 Å². The summed E-state index contributed by atoms with van der Waals surface area (Å²) in [5, 5.41) is 4.09. The van der Waals surface area contributed by atoms with E-state index in [1.165, 1.54) is 10.4 Å². The quantitative estimate of drug-likeness (QED) is 0.727. The van der Waals surface area contributed by atoms with E-state index in [0.29, 0.717) is 26.3 Å². The zero-order valence-corrected chi connectivity index (χ0v) is 16.0. The number of hydrogen-bond donors (Lipinski definition) is 1. The lowest BCUT2D eigenvalue weighted by Gasteiger charge is -2.26. The van der Waals surface area contributed by atoms with E-state index in [9.17, 15) is 18.0 Å². The summed E-state index contributed by atoms with van der Waals surface area (Å²) < 4.78 is 32.0. The highest BCUT2D eigenvalue weighted by Gasteiger charge is 2.31. The maximum atomic E-state index is 12.7. The van der Waals surface area contributed by atoms with Crippen LogP contribution in [0.15, 0.2) is 16.3 Å². The lowest BCUT2D eigenvalue weighted by Crippen LogP contribution is -2.42. The lowest BCUT2D eigenvalue weighted by atomic mass is 10.4. The van der Waals surface area contributed by atoms with Gasteiger partial charge in [0.25, 0.3) is 5.91 Å². The summed E-state index contributed by atoms with van der Waals surface area (Å²) in [6.07, 6.45) is 0. The van der Waals surface area contributed by atoms with Crippen LogP contribution >= 0.6 is 11.3 Å². The maximum Gasteiger partial charge on any atom is 0.263 e. The Morgan fingerprint density at radius 1 is 1.28 bits per heavy atom. The van der Waals surface area contributed by atoms with Crippen molar-refractivity contribution in [2.75, 3.05) is 45.9 Å². The molecule has 1 aromatic heterocycles. The summed E-state index contributed by atoms with van der Waals surface area (Å²) in [7, 11) is -3.75. The minimum atomic E-state index is -3.75. The van der Waals surface area contributed by atoms with Gasteiger partial charge in [0.2, 0.25) is 15.9 Å². The van der Waals surface area contributed by atoms with E-state index in [-0.39, 0.29) is 35.3 Å². The van der Waals surface area contributed by atoms with Crippen LogP contribution in [0.1, 0.15) is 23.5 Å². The summed E-state index contributed by atoms with van der Waals surface area (Å²) in [6.45, 7) is 5.87. The number of hydrogen-bond acceptors (Lipinski definition) is 6. The van der Waals surface area contributed by atoms with Crippen LogP contribution in [0.25, 0.3) is 0 Å². The van der Waals surface area contributed by atoms with Crippen LogP contribution in [-0.2, 0) is 19.6 Å². The fourth-order valence-electron chi connectivity index (χ4n) is 2.52. The number of carbonyl (C=O) groups excluding carboxylic acids is 2. The predicted octanol–water partition coefficient (Wildman–Crippen LogP) is 0.367. The third-order valence-electron chi connectivity index (χ3n) is 3.94. The highest BCUT2D eigenvalue weighted by atomic mass is 32.2. The Hall–Kier alpha value is -1.49. The van der Waals surface area contributed by atoms with E-state index in [1.807, 2.05) is 13.8 Å². The monoisotopic (exact) mass is 389 g/mol. The van der Waals surface area contributed by atoms with Gasteiger partial charge in [0.1, 0.15) is 9.77 Å². The van der Waals surface area contributed by atoms with E-state index < -0.39 is 15.9 Å². The van der Waals surface area contributed by atoms with E-state index in [2.05, 4.69) is 5.32 Å². The van der Waals surface area contributed by atoms with Gasteiger partial charge in [-0.05, 0) is 25.3 Å². The Kier molecular flexibility index (Phi) is 6.94. The number of morpholine rings is 1. The fraction of sp³-hybridized carbons (Fsp3) is 0.600. The normalized spacial score (nSPS) is 15.8. The summed E-state index contributed by atoms with van der Waals surface area (Å²) in [5.74, 6) is -0.755. The molecule has 1 N–H and O–H groups in total. The van der Waals surface area contributed by atoms with E-state index in [0.717, 1.165) is 11.3 Å². The number of amides is 2. The maximum absolute atomic E-state index is 12.7. The van der Waals surface area contributed by atoms with Crippen LogP contribution in [-0.4, -0.2) is 75.4 Å². The van der Waals surface area contributed by atoms with E-state index >= 15 is 0 Å². The van der Waals surface area contributed by atoms with Crippen molar-refractivity contribution >= 4 is 33.2 Å². The van der Waals surface area contributed by atoms with Gasteiger partial charge in [-0.15, -0.1) is 11.3 Å². The van der Waals surface area contributed by atoms with Crippen molar-refractivity contribution in [3.63, 3.8) is 0 Å². The molecule has 2 rings (SSSR count). The topological polar surface area (TPSA) is 96.0 Å². The van der Waals surface area contributed by atoms with Crippen LogP contribution in [0.5, 0.6) is 0 Å². The highest BCUT2D eigenvalue weighted by Crippen LogP contribution is 2.25. The molecule has 1 aliphatic heterocycles. The Morgan fingerprint density at radius 3 is 2.52 bits per heavy atom. The van der Waals surface area contributed by atoms with Crippen molar-refractivity contribution < 1.29 is 22.7 Å². The number of nitrogens with one attached hydrogen (secondary N) is 1. The molecular formula is C15H23N3O5S2. The van der Waals surface area contributed by atoms with Gasteiger partial charge >= 0.3 is 0 Å². The summed E-state index contributed by atoms with van der Waals surface area (Å²) >= 11 is 1.05. The molecule has 10 heteroatoms. The molecule has 0 atom stereocenters. The molecular weight excluding hydrogens is 366 g/mol. The molecule has 8 nitrogen and oxygen atoms in total. The van der Waals surface area contributed by atoms with Crippen molar-refractivity contribution in [2.24, 2.45) is 0 Å². The van der Waals surface area contributed by atoms with Gasteiger partial charge in [0.05, 0.1) is 19.8 Å². The molecule has 0 saturated carbocycles. The van der Waals surface area contributed by atoms with Gasteiger partial charge in [-0.1, -0.05) is 0 Å². The number of likely N-dealkylation sites (N-methyl/N-ethyl adjacent to an activating group) is 1. The predicted molar refractivity (Wildman–Crippen MR) is 94.2 cm³/mol. The third kappa shape index (κ3) is 4.57. The largest absolute Gasteiger partial charge is 0.379 e. The number of ether oxygens (including phenoxy) is 1. The Morgan fingerprint density at radius 2 is 1.92 bits per heavy atom. The van der Waals surface area contributed by atoms with Crippen LogP contribution in [0.4, 0.5) is 0 Å². The SMILES string of the molecule is CCN(CC)C(=O)CNC(=O)c1sccc1S(=O)(=O)N1CCOCC1. The second kappa shape index (κ2) is 8.75. The van der Waals surface area contributed by atoms with Crippen LogP contribution in [0, 0.1) is 0 Å². The minimum Gasteiger partial charge on any atom is -0.379 e. The van der Waals surface area contributed by atoms with Gasteiger partial charge in [0.15, 0.2) is 0 Å². The molecule has 25 heavy (non-hydrogen) atoms. The molecule has 2 heterocycles. The number of rotatable bonds is 7. The molecule has 0 aromatic carbocycles. The summed E-state index contributed by atoms with van der Waals surface area (Å²) in [6, 6.07) is 1.43. The molecule has 0 spiro atoms. The number of carbonyl (C=O) groups is 2. The molecule has 1 aliphatic rings. The first-order valence-electron chi connectivity index (χ1n) is 8.13. The van der Waals surface area contributed by atoms with Gasteiger partial charge in [-0.25, -0.2) is 8.42 Å². The number of nitrogens with zero attached hydrogens (tertiary/aromatic N) is 2. The Balaban J connectivity index is 2.10. The molecule has 0 unspecified atom stereocenters. The number of sulfonamides is 1. The second-order valence-electron chi connectivity index (χ2n) is 5.38. The standard InChI is InChI=1S/C15H23N3O5S2/c1-3-17(4-2)13(19)11-16-15(20)14-12(5-10-24-14)25(21,22)18-6-8-23-9-7-18/h5,10H,3-4,6-9,11H2,1-2H3,(H,16,20). The first-order valence-corrected chi connectivity index (χ1v) is 10.4. The Bertz CT molecular complexity index is 707. The van der Waals surface area contributed by atoms with Crippen molar-refractivity contribution in [1.29, 1.82) is 0 Å². The number of thiophene rings is 1. The average molecular weight is 389 g/mol. The van der Waals surface area contributed by atoms with Gasteiger partial charge in [0, 0.05) is 26.2 Å². The van der Waals surface area contributed by atoms with Gasteiger partial charge < -0.3 is 15.0 Å². The molecule has 0 aliphatic carbocycles. The zero-order chi connectivity index (χ0) is 18.4. The van der Waals surface area contributed by atoms with Crippen molar-refractivity contribution in [3.05, 3.63) is 16.3 Å². The summed E-state index contributed by atoms with van der Waals surface area (Å²) in [4.78, 5) is 26.0. The van der Waals surface area contributed by atoms with Crippen molar-refractivity contribution in [3.8, 4) is 0 Å². The van der Waals surface area contributed by atoms with E-state index in [1.54, 1.807) is 10.3 Å². The molecule has 140 valence electrons. The lowest BCUT2D eigenvalue weighted by molar-refractivity contribution is -0.129. The summed E-state index contributed by atoms with van der Waals surface area (Å²) in [5.41, 5.74) is 0. The van der Waals surface area contributed by atoms with Crippen LogP contribution in [0.2, 0.25) is 0 Å². The molecule has 1 aromatic rings. The van der Waals surface area contributed by atoms with Crippen LogP contribution < -0.4 is 5.32 Å². The van der Waals surface area contributed by atoms with Crippen molar-refractivity contribution in [1.82, 2.24) is 14.5 Å². The highest BCUT2D eigenvalue weighted by molar-refractivity contribution is 7.89. The van der Waals surface area contributed by atoms with E-state index in [4.69, 9.17) is 4.74 Å². The first-order chi connectivity index (χ1) is 11.9. The zero-order valence-electron chi connectivity index (χ0n) is 14.4. The fourth-order valence-corrected chi connectivity index (χ4v) is 5.24. The molecule has 0 bridgehead atoms. The van der Waals surface area contributed by atoms with Gasteiger partial charge in [-0.2, -0.15) is 4.31 Å². The van der Waals surface area contributed by atoms with Gasteiger partial charge in [-0.3, -0.25) is 9.59 Å². The second-order valence-corrected chi connectivity index (χ2v) is 8.20. The van der Waals surface area contributed by atoms with Crippen molar-refractivity contribution in [2.45, 2.75) is 18.7 Å². The first kappa shape index (κ1) is 19.8. The molecule has 1 saturated heterocycles. The Labute approximate surface area is 151 Å². The third-order valence-corrected chi connectivity index (χ3v) is 6.92. The molecule has 0 radical (unpaired) electrons.